The van der Waals surface area contributed by atoms with E-state index in [1.165, 1.54) is 25.7 Å². The number of nitrogens with one attached hydrogen (secondary N) is 2. The van der Waals surface area contributed by atoms with Crippen molar-refractivity contribution in [3.05, 3.63) is 0 Å². The van der Waals surface area contributed by atoms with Gasteiger partial charge in [0, 0.05) is 13.2 Å². The summed E-state index contributed by atoms with van der Waals surface area (Å²) in [5, 5.41) is 23.7. The first-order valence-corrected chi connectivity index (χ1v) is 6.55. The Morgan fingerprint density at radius 3 is 1.17 bits per heavy atom. The van der Waals surface area contributed by atoms with Gasteiger partial charge in [-0.3, -0.25) is 0 Å². The van der Waals surface area contributed by atoms with Gasteiger partial charge in [-0.25, -0.2) is 0 Å². The van der Waals surface area contributed by atoms with Crippen molar-refractivity contribution in [1.82, 2.24) is 10.6 Å². The second-order valence-corrected chi connectivity index (χ2v) is 4.07. The van der Waals surface area contributed by atoms with E-state index in [-0.39, 0.29) is 24.2 Å². The number of hydrogen-bond acceptors (Lipinski definition) is 4. The summed E-state index contributed by atoms with van der Waals surface area (Å²) in [6.45, 7) is 4.56. The van der Waals surface area contributed by atoms with Crippen molar-refractivity contribution in [2.45, 2.75) is 38.5 Å². The van der Waals surface area contributed by atoms with Gasteiger partial charge < -0.3 is 31.8 Å². The van der Waals surface area contributed by atoms with Crippen molar-refractivity contribution < 1.29 is 21.2 Å². The lowest BCUT2D eigenvalue weighted by Crippen LogP contribution is -2.18. The third kappa shape index (κ3) is 21.1. The Hall–Kier alpha value is -0.240. The van der Waals surface area contributed by atoms with Crippen LogP contribution in [-0.4, -0.2) is 60.6 Å². The lowest BCUT2D eigenvalue weighted by atomic mass is 10.2. The van der Waals surface area contributed by atoms with Gasteiger partial charge in [-0.2, -0.15) is 0 Å². The summed E-state index contributed by atoms with van der Waals surface area (Å²) in [4.78, 5) is 0. The third-order valence-corrected chi connectivity index (χ3v) is 2.48. The van der Waals surface area contributed by atoms with Crippen molar-refractivity contribution in [2.75, 3.05) is 39.4 Å². The van der Waals surface area contributed by atoms with E-state index in [9.17, 15) is 0 Å². The van der Waals surface area contributed by atoms with Gasteiger partial charge in [0.2, 0.25) is 0 Å². The molecule has 0 amide bonds. The summed E-state index contributed by atoms with van der Waals surface area (Å²) in [6.07, 6.45) is 6.70. The summed E-state index contributed by atoms with van der Waals surface area (Å²) in [7, 11) is 0. The van der Waals surface area contributed by atoms with E-state index in [0.717, 1.165) is 39.0 Å². The molecule has 0 bridgehead atoms. The van der Waals surface area contributed by atoms with Crippen LogP contribution >= 0.6 is 0 Å². The maximum absolute atomic E-state index is 8.57. The Bertz CT molecular complexity index is 115. The Morgan fingerprint density at radius 2 is 0.833 bits per heavy atom. The summed E-state index contributed by atoms with van der Waals surface area (Å²) in [6, 6.07) is 0. The van der Waals surface area contributed by atoms with E-state index in [1.807, 2.05) is 0 Å². The van der Waals surface area contributed by atoms with Crippen molar-refractivity contribution in [2.24, 2.45) is 0 Å². The Kier molecular flexibility index (Phi) is 28.0. The normalized spacial score (nSPS) is 9.67. The first-order valence-electron chi connectivity index (χ1n) is 6.55. The van der Waals surface area contributed by atoms with Crippen LogP contribution in [0.5, 0.6) is 0 Å². The lowest BCUT2D eigenvalue weighted by Gasteiger charge is -2.04. The maximum Gasteiger partial charge on any atom is 0.0443 e. The van der Waals surface area contributed by atoms with Gasteiger partial charge in [0.05, 0.1) is 0 Å². The number of aliphatic hydroxyl groups excluding tert-OH is 2. The van der Waals surface area contributed by atoms with Crippen molar-refractivity contribution in [1.29, 1.82) is 0 Å². The molecule has 0 aromatic carbocycles. The van der Waals surface area contributed by atoms with Gasteiger partial charge in [-0.05, 0) is 51.9 Å². The van der Waals surface area contributed by atoms with Crippen LogP contribution in [0.3, 0.4) is 0 Å². The molecule has 0 radical (unpaired) electrons. The highest BCUT2D eigenvalue weighted by Crippen LogP contribution is 1.97. The third-order valence-electron chi connectivity index (χ3n) is 2.48. The molecule has 0 rings (SSSR count). The minimum absolute atomic E-state index is 0. The molecule has 0 saturated carbocycles. The van der Waals surface area contributed by atoms with Gasteiger partial charge >= 0.3 is 0 Å². The molecule has 0 aromatic rings. The van der Waals surface area contributed by atoms with Crippen molar-refractivity contribution in [3.8, 4) is 0 Å². The average molecular weight is 268 g/mol. The second kappa shape index (κ2) is 22.0. The van der Waals surface area contributed by atoms with Gasteiger partial charge in [-0.15, -0.1) is 0 Å². The smallest absolute Gasteiger partial charge is 0.0443 e. The average Bonchev–Trinajstić information content (AvgIpc) is 2.31. The van der Waals surface area contributed by atoms with E-state index < -0.39 is 0 Å². The zero-order chi connectivity index (χ0) is 11.9. The van der Waals surface area contributed by atoms with Gasteiger partial charge in [-0.1, -0.05) is 12.8 Å². The highest BCUT2D eigenvalue weighted by molar-refractivity contribution is 4.51. The molecule has 114 valence electrons. The summed E-state index contributed by atoms with van der Waals surface area (Å²) in [5.41, 5.74) is 0. The van der Waals surface area contributed by atoms with Gasteiger partial charge in [0.15, 0.2) is 0 Å². The predicted molar refractivity (Wildman–Crippen MR) is 74.8 cm³/mol. The molecule has 0 spiro atoms. The largest absolute Gasteiger partial charge is 0.412 e. The fraction of sp³-hybridized carbons (Fsp3) is 1.00. The number of aliphatic hydroxyl groups is 2. The highest BCUT2D eigenvalue weighted by Gasteiger charge is 1.91. The van der Waals surface area contributed by atoms with Crippen LogP contribution in [0.1, 0.15) is 38.5 Å². The summed E-state index contributed by atoms with van der Waals surface area (Å²) in [5.74, 6) is 0. The molecule has 0 aliphatic carbocycles. The molecule has 0 aromatic heterocycles. The summed E-state index contributed by atoms with van der Waals surface area (Å²) >= 11 is 0. The molecule has 8 N–H and O–H groups in total. The van der Waals surface area contributed by atoms with Crippen LogP contribution in [0.25, 0.3) is 0 Å². The standard InChI is InChI=1S/C12H28N2O2.2H2O/c15-11-5-9-13-7-3-1-2-4-8-14-10-6-12-16;;/h13-16H,1-12H2;2*1H2. The molecule has 0 heterocycles. The first-order chi connectivity index (χ1) is 7.91. The van der Waals surface area contributed by atoms with E-state index in [4.69, 9.17) is 10.2 Å². The number of unbranched alkanes of at least 4 members (excludes halogenated alkanes) is 3. The van der Waals surface area contributed by atoms with E-state index in [1.54, 1.807) is 0 Å². The van der Waals surface area contributed by atoms with Crippen molar-refractivity contribution in [3.63, 3.8) is 0 Å². The fourth-order valence-electron chi connectivity index (χ4n) is 1.51. The molecule has 0 saturated heterocycles. The Labute approximate surface area is 110 Å². The summed E-state index contributed by atoms with van der Waals surface area (Å²) < 4.78 is 0. The zero-order valence-electron chi connectivity index (χ0n) is 11.4. The lowest BCUT2D eigenvalue weighted by molar-refractivity contribution is 0.285. The quantitative estimate of drug-likeness (QED) is 0.314. The Balaban J connectivity index is -0.00000112. The fourth-order valence-corrected chi connectivity index (χ4v) is 1.51. The first kappa shape index (κ1) is 22.9. The molecule has 0 aliphatic heterocycles. The number of rotatable bonds is 13. The van der Waals surface area contributed by atoms with E-state index >= 15 is 0 Å². The van der Waals surface area contributed by atoms with Crippen LogP contribution in [0.4, 0.5) is 0 Å². The van der Waals surface area contributed by atoms with E-state index in [2.05, 4.69) is 10.6 Å². The molecule has 6 nitrogen and oxygen atoms in total. The van der Waals surface area contributed by atoms with E-state index in [0.29, 0.717) is 0 Å². The monoisotopic (exact) mass is 268 g/mol. The maximum atomic E-state index is 8.57. The molecule has 0 fully saturated rings. The minimum Gasteiger partial charge on any atom is -0.412 e. The Morgan fingerprint density at radius 1 is 0.500 bits per heavy atom. The number of hydrogen-bond donors (Lipinski definition) is 4. The molecular weight excluding hydrogens is 236 g/mol. The molecule has 18 heavy (non-hydrogen) atoms. The van der Waals surface area contributed by atoms with Crippen LogP contribution in [0, 0.1) is 0 Å². The molecule has 0 aliphatic rings. The molecule has 6 heteroatoms. The van der Waals surface area contributed by atoms with Crippen LogP contribution in [-0.2, 0) is 0 Å². The second-order valence-electron chi connectivity index (χ2n) is 4.07. The molecule has 0 atom stereocenters. The minimum atomic E-state index is 0. The highest BCUT2D eigenvalue weighted by atomic mass is 16.3. The molecule has 0 unspecified atom stereocenters. The predicted octanol–water partition coefficient (Wildman–Crippen LogP) is -1.16. The SMILES string of the molecule is O.O.OCCCNCCCCCCNCCCO. The van der Waals surface area contributed by atoms with Crippen LogP contribution in [0.15, 0.2) is 0 Å². The van der Waals surface area contributed by atoms with Gasteiger partial charge in [0.1, 0.15) is 0 Å². The molecular formula is C12H32N2O4. The van der Waals surface area contributed by atoms with Crippen LogP contribution < -0.4 is 10.6 Å². The van der Waals surface area contributed by atoms with Gasteiger partial charge in [0.25, 0.3) is 0 Å². The van der Waals surface area contributed by atoms with Crippen LogP contribution in [0.2, 0.25) is 0 Å². The zero-order valence-corrected chi connectivity index (χ0v) is 11.4. The topological polar surface area (TPSA) is 128 Å². The van der Waals surface area contributed by atoms with Crippen molar-refractivity contribution >= 4 is 0 Å².